The van der Waals surface area contributed by atoms with Crippen LogP contribution in [-0.4, -0.2) is 40.0 Å². The lowest BCUT2D eigenvalue weighted by atomic mass is 9.93. The fourth-order valence-electron chi connectivity index (χ4n) is 4.53. The first-order chi connectivity index (χ1) is 17.9. The van der Waals surface area contributed by atoms with Crippen LogP contribution in [0.4, 0.5) is 10.5 Å². The number of rotatable bonds is 8. The number of carbonyl (C=O) groups excluding carboxylic acids is 3. The number of benzene rings is 2. The van der Waals surface area contributed by atoms with E-state index in [1.54, 1.807) is 25.7 Å². The largest absolute Gasteiger partial charge is 0.444 e. The van der Waals surface area contributed by atoms with Crippen molar-refractivity contribution in [3.05, 3.63) is 64.7 Å². The van der Waals surface area contributed by atoms with Gasteiger partial charge in [-0.2, -0.15) is 0 Å². The van der Waals surface area contributed by atoms with Gasteiger partial charge in [-0.3, -0.25) is 9.59 Å². The summed E-state index contributed by atoms with van der Waals surface area (Å²) in [6, 6.07) is 11.7. The van der Waals surface area contributed by atoms with Crippen LogP contribution in [0.1, 0.15) is 90.1 Å². The third-order valence-corrected chi connectivity index (χ3v) is 6.29. The minimum absolute atomic E-state index is 0.108. The van der Waals surface area contributed by atoms with Gasteiger partial charge >= 0.3 is 6.09 Å². The summed E-state index contributed by atoms with van der Waals surface area (Å²) in [6.45, 7) is 20.9. The van der Waals surface area contributed by atoms with Crippen LogP contribution in [-0.2, 0) is 14.3 Å². The van der Waals surface area contributed by atoms with Gasteiger partial charge in [-0.05, 0) is 91.3 Å². The van der Waals surface area contributed by atoms with E-state index in [9.17, 15) is 14.4 Å². The number of hydrogen-bond donors (Lipinski definition) is 2. The molecular weight excluding hydrogens is 490 g/mol. The van der Waals surface area contributed by atoms with Crippen molar-refractivity contribution in [2.24, 2.45) is 5.92 Å². The Balaban J connectivity index is 2.62. The highest BCUT2D eigenvalue weighted by atomic mass is 16.6. The summed E-state index contributed by atoms with van der Waals surface area (Å²) in [5.41, 5.74) is 2.86. The normalized spacial score (nSPS) is 13.4. The molecule has 0 heterocycles. The van der Waals surface area contributed by atoms with Crippen molar-refractivity contribution in [3.8, 4) is 0 Å². The maximum atomic E-state index is 14.4. The summed E-state index contributed by atoms with van der Waals surface area (Å²) in [5, 5.41) is 5.90. The van der Waals surface area contributed by atoms with Crippen LogP contribution in [0.3, 0.4) is 0 Å². The van der Waals surface area contributed by atoms with E-state index >= 15 is 0 Å². The quantitative estimate of drug-likeness (QED) is 0.385. The number of ether oxygens (including phenoxy) is 1. The molecule has 0 aliphatic rings. The minimum Gasteiger partial charge on any atom is -0.444 e. The molecule has 39 heavy (non-hydrogen) atoms. The Morgan fingerprint density at radius 1 is 0.872 bits per heavy atom. The number of carbonyl (C=O) groups is 3. The molecular formula is C32H47N3O4. The first-order valence-electron chi connectivity index (χ1n) is 13.7. The van der Waals surface area contributed by atoms with Crippen LogP contribution in [0.2, 0.25) is 0 Å². The molecule has 0 aliphatic heterocycles. The third kappa shape index (κ3) is 9.12. The zero-order chi connectivity index (χ0) is 29.7. The zero-order valence-electron chi connectivity index (χ0n) is 25.6. The summed E-state index contributed by atoms with van der Waals surface area (Å²) in [4.78, 5) is 42.9. The Morgan fingerprint density at radius 2 is 1.41 bits per heavy atom. The maximum Gasteiger partial charge on any atom is 0.408 e. The van der Waals surface area contributed by atoms with Crippen molar-refractivity contribution in [1.82, 2.24) is 10.2 Å². The predicted octanol–water partition coefficient (Wildman–Crippen LogP) is 6.86. The molecule has 2 unspecified atom stereocenters. The van der Waals surface area contributed by atoms with Crippen molar-refractivity contribution >= 4 is 23.6 Å². The van der Waals surface area contributed by atoms with Crippen molar-refractivity contribution < 1.29 is 19.1 Å². The molecule has 3 amide bonds. The van der Waals surface area contributed by atoms with Crippen LogP contribution in [0.15, 0.2) is 42.5 Å². The number of aryl methyl sites for hydroxylation is 3. The van der Waals surface area contributed by atoms with Gasteiger partial charge in [0.1, 0.15) is 17.7 Å². The van der Waals surface area contributed by atoms with E-state index in [4.69, 9.17) is 4.74 Å². The molecule has 2 N–H and O–H groups in total. The van der Waals surface area contributed by atoms with E-state index in [-0.39, 0.29) is 17.7 Å². The SMILES string of the molecule is Cc1ccc(C(C(=O)Nc2c(C)cccc2C)N(C(=O)C(CC(C)C)NC(=O)OC(C)(C)C)C(C)(C)C)cc1. The molecule has 0 bridgehead atoms. The second-order valence-electron chi connectivity index (χ2n) is 12.8. The maximum absolute atomic E-state index is 14.4. The second kappa shape index (κ2) is 12.7. The number of nitrogens with one attached hydrogen (secondary N) is 2. The minimum atomic E-state index is -0.938. The van der Waals surface area contributed by atoms with Crippen molar-refractivity contribution in [2.45, 2.75) is 106 Å². The fraction of sp³-hybridized carbons (Fsp3) is 0.531. The molecule has 0 saturated heterocycles. The zero-order valence-corrected chi connectivity index (χ0v) is 25.6. The smallest absolute Gasteiger partial charge is 0.408 e. The van der Waals surface area contributed by atoms with Gasteiger partial charge in [0.15, 0.2) is 0 Å². The Morgan fingerprint density at radius 3 is 1.87 bits per heavy atom. The highest BCUT2D eigenvalue weighted by molar-refractivity contribution is 6.00. The van der Waals surface area contributed by atoms with E-state index in [0.29, 0.717) is 12.0 Å². The standard InChI is InChI=1S/C32H47N3O4/c1-20(2)19-25(33-30(38)39-32(9,10)11)29(37)35(31(6,7)8)27(24-17-15-21(3)16-18-24)28(36)34-26-22(4)13-12-14-23(26)5/h12-18,20,25,27H,19H2,1-11H3,(H,33,38)(H,34,36). The summed E-state index contributed by atoms with van der Waals surface area (Å²) < 4.78 is 5.48. The van der Waals surface area contributed by atoms with Crippen LogP contribution in [0.25, 0.3) is 0 Å². The highest BCUT2D eigenvalue weighted by Crippen LogP contribution is 2.33. The van der Waals surface area contributed by atoms with Gasteiger partial charge < -0.3 is 20.3 Å². The molecule has 214 valence electrons. The molecule has 0 spiro atoms. The van der Waals surface area contributed by atoms with Crippen molar-refractivity contribution in [2.75, 3.05) is 5.32 Å². The highest BCUT2D eigenvalue weighted by Gasteiger charge is 2.42. The number of para-hydroxylation sites is 1. The average Bonchev–Trinajstić information content (AvgIpc) is 2.77. The van der Waals surface area contributed by atoms with Crippen molar-refractivity contribution in [3.63, 3.8) is 0 Å². The van der Waals surface area contributed by atoms with Crippen LogP contribution in [0.5, 0.6) is 0 Å². The lowest BCUT2D eigenvalue weighted by Crippen LogP contribution is -2.58. The monoisotopic (exact) mass is 537 g/mol. The molecule has 2 aromatic carbocycles. The number of alkyl carbamates (subject to hydrolysis) is 1. The van der Waals surface area contributed by atoms with E-state index in [1.807, 2.05) is 97.9 Å². The molecule has 2 rings (SSSR count). The number of hydrogen-bond acceptors (Lipinski definition) is 4. The molecule has 0 fully saturated rings. The second-order valence-corrected chi connectivity index (χ2v) is 12.8. The van der Waals surface area contributed by atoms with Gasteiger partial charge in [0, 0.05) is 11.2 Å². The Kier molecular flexibility index (Phi) is 10.4. The van der Waals surface area contributed by atoms with Crippen LogP contribution in [0, 0.1) is 26.7 Å². The first kappa shape index (κ1) is 31.9. The Labute approximate surface area is 234 Å². The topological polar surface area (TPSA) is 87.7 Å². The van der Waals surface area contributed by atoms with E-state index in [0.717, 1.165) is 22.4 Å². The average molecular weight is 538 g/mol. The molecule has 0 saturated carbocycles. The molecule has 0 radical (unpaired) electrons. The van der Waals surface area contributed by atoms with E-state index in [2.05, 4.69) is 10.6 Å². The third-order valence-electron chi connectivity index (χ3n) is 6.29. The lowest BCUT2D eigenvalue weighted by molar-refractivity contribution is -0.147. The van der Waals surface area contributed by atoms with Crippen molar-refractivity contribution in [1.29, 1.82) is 0 Å². The Bertz CT molecular complexity index is 1140. The molecule has 0 aromatic heterocycles. The molecule has 7 heteroatoms. The van der Waals surface area contributed by atoms with Gasteiger partial charge in [0.25, 0.3) is 5.91 Å². The van der Waals surface area contributed by atoms with Gasteiger partial charge in [0.05, 0.1) is 0 Å². The fourth-order valence-corrected chi connectivity index (χ4v) is 4.53. The van der Waals surface area contributed by atoms with Gasteiger partial charge in [-0.25, -0.2) is 4.79 Å². The van der Waals surface area contributed by atoms with E-state index < -0.39 is 29.3 Å². The summed E-state index contributed by atoms with van der Waals surface area (Å²) in [5.74, 6) is -0.554. The number of amides is 3. The first-order valence-corrected chi connectivity index (χ1v) is 13.7. The summed E-state index contributed by atoms with van der Waals surface area (Å²) in [6.07, 6.45) is -0.272. The van der Waals surface area contributed by atoms with Gasteiger partial charge in [-0.15, -0.1) is 0 Å². The van der Waals surface area contributed by atoms with Crippen LogP contribution >= 0.6 is 0 Å². The summed E-state index contributed by atoms with van der Waals surface area (Å²) >= 11 is 0. The van der Waals surface area contributed by atoms with Gasteiger partial charge in [0.2, 0.25) is 5.91 Å². The molecule has 0 aliphatic carbocycles. The van der Waals surface area contributed by atoms with Crippen LogP contribution < -0.4 is 10.6 Å². The van der Waals surface area contributed by atoms with Gasteiger partial charge in [-0.1, -0.05) is 61.9 Å². The predicted molar refractivity (Wildman–Crippen MR) is 158 cm³/mol. The molecule has 2 aromatic rings. The van der Waals surface area contributed by atoms with E-state index in [1.165, 1.54) is 0 Å². The lowest BCUT2D eigenvalue weighted by Gasteiger charge is -2.43. The molecule has 2 atom stereocenters. The Hall–Kier alpha value is -3.35. The summed E-state index contributed by atoms with van der Waals surface area (Å²) in [7, 11) is 0. The number of anilines is 1. The molecule has 7 nitrogen and oxygen atoms in total. The number of nitrogens with zero attached hydrogens (tertiary/aromatic N) is 1.